The number of amides is 2. The van der Waals surface area contributed by atoms with Gasteiger partial charge in [-0.05, 0) is 43.2 Å². The maximum Gasteiger partial charge on any atom is 0.274 e. The molecule has 1 aliphatic rings. The molecule has 4 heterocycles. The smallest absolute Gasteiger partial charge is 0.274 e. The first-order valence-corrected chi connectivity index (χ1v) is 9.76. The molecule has 0 spiro atoms. The molecule has 10 heteroatoms. The Morgan fingerprint density at radius 1 is 1.06 bits per heavy atom. The SMILES string of the molecule is O=C(Nc1cn(-c2cccnc2)nc1C(=O)NC1CC1)c1cccc(-c2ccn[nH]2)n1. The van der Waals surface area contributed by atoms with Gasteiger partial charge in [-0.1, -0.05) is 6.07 Å². The molecule has 1 saturated carbocycles. The van der Waals surface area contributed by atoms with Gasteiger partial charge in [-0.3, -0.25) is 19.7 Å². The summed E-state index contributed by atoms with van der Waals surface area (Å²) in [7, 11) is 0. The van der Waals surface area contributed by atoms with Gasteiger partial charge in [0.2, 0.25) is 0 Å². The highest BCUT2D eigenvalue weighted by Gasteiger charge is 2.27. The second-order valence-corrected chi connectivity index (χ2v) is 7.13. The summed E-state index contributed by atoms with van der Waals surface area (Å²) in [5.74, 6) is -0.785. The summed E-state index contributed by atoms with van der Waals surface area (Å²) in [6.45, 7) is 0. The molecule has 4 aromatic heterocycles. The molecule has 154 valence electrons. The summed E-state index contributed by atoms with van der Waals surface area (Å²) in [6.07, 6.45) is 8.37. The lowest BCUT2D eigenvalue weighted by Crippen LogP contribution is -2.27. The molecule has 0 atom stereocenters. The lowest BCUT2D eigenvalue weighted by molar-refractivity contribution is 0.0946. The minimum atomic E-state index is -0.451. The van der Waals surface area contributed by atoms with Crippen LogP contribution in [0.4, 0.5) is 5.69 Å². The average molecular weight is 414 g/mol. The first-order valence-electron chi connectivity index (χ1n) is 9.76. The van der Waals surface area contributed by atoms with Crippen LogP contribution in [0.5, 0.6) is 0 Å². The number of aromatic nitrogens is 6. The Balaban J connectivity index is 1.44. The molecular formula is C21H18N8O2. The Labute approximate surface area is 176 Å². The first kappa shape index (κ1) is 18.7. The quantitative estimate of drug-likeness (QED) is 0.443. The molecule has 3 N–H and O–H groups in total. The molecule has 0 aromatic carbocycles. The Kier molecular flexibility index (Phi) is 4.71. The standard InChI is InChI=1S/C21H18N8O2/c30-20(17-5-1-4-15(25-17)16-8-10-23-27-16)26-18-12-29(14-3-2-9-22-11-14)28-19(18)21(31)24-13-6-7-13/h1-5,8-13H,6-7H2,(H,23,27)(H,24,31)(H,26,30). The topological polar surface area (TPSA) is 130 Å². The van der Waals surface area contributed by atoms with E-state index in [1.54, 1.807) is 55.1 Å². The van der Waals surface area contributed by atoms with Crippen molar-refractivity contribution in [2.24, 2.45) is 0 Å². The number of hydrogen-bond acceptors (Lipinski definition) is 6. The molecule has 5 rings (SSSR count). The maximum atomic E-state index is 12.9. The van der Waals surface area contributed by atoms with Crippen molar-refractivity contribution in [3.63, 3.8) is 0 Å². The lowest BCUT2D eigenvalue weighted by atomic mass is 10.2. The summed E-state index contributed by atoms with van der Waals surface area (Å²) in [5, 5.41) is 16.8. The molecule has 0 radical (unpaired) electrons. The van der Waals surface area contributed by atoms with Gasteiger partial charge in [0, 0.05) is 18.4 Å². The second-order valence-electron chi connectivity index (χ2n) is 7.13. The van der Waals surface area contributed by atoms with Gasteiger partial charge in [0.15, 0.2) is 5.69 Å². The van der Waals surface area contributed by atoms with Gasteiger partial charge < -0.3 is 10.6 Å². The van der Waals surface area contributed by atoms with Crippen molar-refractivity contribution in [3.05, 3.63) is 72.6 Å². The molecular weight excluding hydrogens is 396 g/mol. The number of pyridine rings is 2. The number of nitrogens with one attached hydrogen (secondary N) is 3. The zero-order valence-corrected chi connectivity index (χ0v) is 16.3. The molecule has 0 aliphatic heterocycles. The number of anilines is 1. The van der Waals surface area contributed by atoms with E-state index in [0.29, 0.717) is 22.8 Å². The average Bonchev–Trinajstić information content (AvgIpc) is 3.28. The van der Waals surface area contributed by atoms with Gasteiger partial charge in [0.25, 0.3) is 11.8 Å². The molecule has 4 aromatic rings. The fourth-order valence-corrected chi connectivity index (χ4v) is 3.03. The van der Waals surface area contributed by atoms with E-state index in [2.05, 4.69) is 35.9 Å². The highest BCUT2D eigenvalue weighted by atomic mass is 16.2. The third-order valence-corrected chi connectivity index (χ3v) is 4.76. The van der Waals surface area contributed by atoms with Crippen LogP contribution in [0.25, 0.3) is 17.1 Å². The van der Waals surface area contributed by atoms with Crippen molar-refractivity contribution in [1.29, 1.82) is 0 Å². The number of aromatic amines is 1. The Hall–Kier alpha value is -4.34. The van der Waals surface area contributed by atoms with E-state index in [1.165, 1.54) is 4.68 Å². The molecule has 1 fully saturated rings. The van der Waals surface area contributed by atoms with Crippen LogP contribution < -0.4 is 10.6 Å². The van der Waals surface area contributed by atoms with E-state index in [9.17, 15) is 9.59 Å². The molecule has 2 amide bonds. The van der Waals surface area contributed by atoms with Crippen LogP contribution in [0.1, 0.15) is 33.8 Å². The van der Waals surface area contributed by atoms with Crippen LogP contribution in [0.3, 0.4) is 0 Å². The van der Waals surface area contributed by atoms with Crippen LogP contribution in [0, 0.1) is 0 Å². The number of H-pyrrole nitrogens is 1. The zero-order chi connectivity index (χ0) is 21.2. The minimum Gasteiger partial charge on any atom is -0.348 e. The summed E-state index contributed by atoms with van der Waals surface area (Å²) >= 11 is 0. The van der Waals surface area contributed by atoms with Gasteiger partial charge in [-0.2, -0.15) is 10.2 Å². The summed E-state index contributed by atoms with van der Waals surface area (Å²) in [5.41, 5.74) is 2.58. The van der Waals surface area contributed by atoms with Crippen molar-refractivity contribution < 1.29 is 9.59 Å². The molecule has 10 nitrogen and oxygen atoms in total. The number of carbonyl (C=O) groups is 2. The Bertz CT molecular complexity index is 1230. The fourth-order valence-electron chi connectivity index (χ4n) is 3.03. The van der Waals surface area contributed by atoms with E-state index in [-0.39, 0.29) is 23.3 Å². The number of rotatable bonds is 6. The van der Waals surface area contributed by atoms with E-state index in [0.717, 1.165) is 12.8 Å². The first-order chi connectivity index (χ1) is 15.2. The van der Waals surface area contributed by atoms with Gasteiger partial charge in [-0.15, -0.1) is 0 Å². The van der Waals surface area contributed by atoms with E-state index < -0.39 is 5.91 Å². The molecule has 1 aliphatic carbocycles. The van der Waals surface area contributed by atoms with Gasteiger partial charge in [-0.25, -0.2) is 9.67 Å². The molecule has 0 unspecified atom stereocenters. The zero-order valence-electron chi connectivity index (χ0n) is 16.3. The third-order valence-electron chi connectivity index (χ3n) is 4.76. The maximum absolute atomic E-state index is 12.9. The number of hydrogen-bond donors (Lipinski definition) is 3. The largest absolute Gasteiger partial charge is 0.348 e. The van der Waals surface area contributed by atoms with Gasteiger partial charge >= 0.3 is 0 Å². The summed E-state index contributed by atoms with van der Waals surface area (Å²) in [6, 6.07) is 10.6. The van der Waals surface area contributed by atoms with Crippen molar-refractivity contribution in [3.8, 4) is 17.1 Å². The predicted octanol–water partition coefficient (Wildman–Crippen LogP) is 2.20. The van der Waals surface area contributed by atoms with Crippen molar-refractivity contribution in [2.45, 2.75) is 18.9 Å². The van der Waals surface area contributed by atoms with Crippen LogP contribution in [0.2, 0.25) is 0 Å². The predicted molar refractivity (Wildman–Crippen MR) is 112 cm³/mol. The minimum absolute atomic E-state index is 0.133. The Morgan fingerprint density at radius 2 is 1.97 bits per heavy atom. The third kappa shape index (κ3) is 4.04. The van der Waals surface area contributed by atoms with Crippen LogP contribution in [-0.4, -0.2) is 47.8 Å². The molecule has 0 saturated heterocycles. The van der Waals surface area contributed by atoms with Crippen LogP contribution >= 0.6 is 0 Å². The van der Waals surface area contributed by atoms with Crippen molar-refractivity contribution in [2.75, 3.05) is 5.32 Å². The Morgan fingerprint density at radius 3 is 2.71 bits per heavy atom. The molecule has 31 heavy (non-hydrogen) atoms. The summed E-state index contributed by atoms with van der Waals surface area (Å²) < 4.78 is 1.51. The van der Waals surface area contributed by atoms with E-state index >= 15 is 0 Å². The monoisotopic (exact) mass is 414 g/mol. The van der Waals surface area contributed by atoms with Crippen molar-refractivity contribution in [1.82, 2.24) is 35.3 Å². The number of carbonyl (C=O) groups excluding carboxylic acids is 2. The van der Waals surface area contributed by atoms with Gasteiger partial charge in [0.05, 0.1) is 35.2 Å². The van der Waals surface area contributed by atoms with Gasteiger partial charge in [0.1, 0.15) is 5.69 Å². The normalized spacial score (nSPS) is 13.0. The van der Waals surface area contributed by atoms with Crippen LogP contribution in [0.15, 0.2) is 61.2 Å². The van der Waals surface area contributed by atoms with E-state index in [4.69, 9.17) is 0 Å². The van der Waals surface area contributed by atoms with Crippen molar-refractivity contribution >= 4 is 17.5 Å². The fraction of sp³-hybridized carbons (Fsp3) is 0.143. The summed E-state index contributed by atoms with van der Waals surface area (Å²) in [4.78, 5) is 34.1. The van der Waals surface area contributed by atoms with Crippen LogP contribution in [-0.2, 0) is 0 Å². The van der Waals surface area contributed by atoms with E-state index in [1.807, 2.05) is 6.07 Å². The second kappa shape index (κ2) is 7.82. The lowest BCUT2D eigenvalue weighted by Gasteiger charge is -2.06. The number of nitrogens with zero attached hydrogens (tertiary/aromatic N) is 5. The highest BCUT2D eigenvalue weighted by Crippen LogP contribution is 2.23. The molecule has 0 bridgehead atoms. The highest BCUT2D eigenvalue weighted by molar-refractivity contribution is 6.07.